The van der Waals surface area contributed by atoms with Gasteiger partial charge in [0, 0.05) is 11.5 Å². The Hall–Kier alpha value is -2.15. The first kappa shape index (κ1) is 14.8. The molecule has 2 aromatic rings. The van der Waals surface area contributed by atoms with Crippen LogP contribution in [0.2, 0.25) is 0 Å². The lowest BCUT2D eigenvalue weighted by atomic mass is 9.72. The SMILES string of the molecule is C=CC[C@H](c1ccccc1C)[C@@H]1CCc2ccccc2C1=O. The number of benzene rings is 2. The fraction of sp³-hybridized carbons (Fsp3) is 0.286. The van der Waals surface area contributed by atoms with Gasteiger partial charge in [-0.2, -0.15) is 0 Å². The molecule has 0 unspecified atom stereocenters. The number of fused-ring (bicyclic) bond motifs is 1. The number of hydrogen-bond acceptors (Lipinski definition) is 1. The standard InChI is InChI=1S/C21H22O/c1-3-8-19(17-11-6-4-9-15(17)2)20-14-13-16-10-5-7-12-18(16)21(20)22/h3-7,9-12,19-20H,1,8,13-14H2,2H3/t19-,20+/m1/s1. The molecule has 0 aromatic heterocycles. The van der Waals surface area contributed by atoms with E-state index in [9.17, 15) is 4.79 Å². The molecule has 1 nitrogen and oxygen atoms in total. The van der Waals surface area contributed by atoms with E-state index >= 15 is 0 Å². The van der Waals surface area contributed by atoms with E-state index in [2.05, 4.69) is 43.8 Å². The van der Waals surface area contributed by atoms with Crippen LogP contribution in [0.4, 0.5) is 0 Å². The molecule has 0 amide bonds. The molecule has 0 aliphatic heterocycles. The van der Waals surface area contributed by atoms with Crippen molar-refractivity contribution in [2.75, 3.05) is 0 Å². The largest absolute Gasteiger partial charge is 0.294 e. The highest BCUT2D eigenvalue weighted by Gasteiger charge is 2.33. The molecule has 22 heavy (non-hydrogen) atoms. The van der Waals surface area contributed by atoms with Gasteiger partial charge < -0.3 is 0 Å². The van der Waals surface area contributed by atoms with E-state index in [1.54, 1.807) is 0 Å². The number of hydrogen-bond donors (Lipinski definition) is 0. The maximum Gasteiger partial charge on any atom is 0.166 e. The zero-order valence-electron chi connectivity index (χ0n) is 13.1. The van der Waals surface area contributed by atoms with Crippen molar-refractivity contribution in [1.29, 1.82) is 0 Å². The van der Waals surface area contributed by atoms with Crippen molar-refractivity contribution in [3.8, 4) is 0 Å². The molecule has 0 saturated heterocycles. The Morgan fingerprint density at radius 2 is 1.91 bits per heavy atom. The average Bonchev–Trinajstić information content (AvgIpc) is 2.55. The van der Waals surface area contributed by atoms with Crippen LogP contribution in [0.15, 0.2) is 61.2 Å². The molecule has 0 saturated carbocycles. The highest BCUT2D eigenvalue weighted by atomic mass is 16.1. The molecule has 2 atom stereocenters. The third-order valence-corrected chi connectivity index (χ3v) is 4.84. The molecule has 3 rings (SSSR count). The maximum absolute atomic E-state index is 13.0. The first-order chi connectivity index (χ1) is 10.7. The van der Waals surface area contributed by atoms with Gasteiger partial charge in [-0.05, 0) is 48.8 Å². The van der Waals surface area contributed by atoms with Crippen molar-refractivity contribution in [2.24, 2.45) is 5.92 Å². The first-order valence-corrected chi connectivity index (χ1v) is 8.01. The Bertz CT molecular complexity index is 699. The predicted molar refractivity (Wildman–Crippen MR) is 91.3 cm³/mol. The molecule has 0 heterocycles. The van der Waals surface area contributed by atoms with Crippen molar-refractivity contribution < 1.29 is 4.79 Å². The summed E-state index contributed by atoms with van der Waals surface area (Å²) < 4.78 is 0. The Balaban J connectivity index is 1.99. The highest BCUT2D eigenvalue weighted by Crippen LogP contribution is 2.38. The van der Waals surface area contributed by atoms with Gasteiger partial charge >= 0.3 is 0 Å². The minimum absolute atomic E-state index is 0.0639. The summed E-state index contributed by atoms with van der Waals surface area (Å²) >= 11 is 0. The Labute approximate surface area is 132 Å². The number of carbonyl (C=O) groups is 1. The topological polar surface area (TPSA) is 17.1 Å². The summed E-state index contributed by atoms with van der Waals surface area (Å²) in [5.74, 6) is 0.602. The van der Waals surface area contributed by atoms with Gasteiger partial charge in [0.1, 0.15) is 0 Å². The van der Waals surface area contributed by atoms with Gasteiger partial charge in [-0.3, -0.25) is 4.79 Å². The van der Waals surface area contributed by atoms with Gasteiger partial charge in [0.05, 0.1) is 0 Å². The lowest BCUT2D eigenvalue weighted by Crippen LogP contribution is -2.28. The summed E-state index contributed by atoms with van der Waals surface area (Å²) in [5.41, 5.74) is 4.67. The smallest absolute Gasteiger partial charge is 0.166 e. The van der Waals surface area contributed by atoms with Gasteiger partial charge in [-0.25, -0.2) is 0 Å². The van der Waals surface area contributed by atoms with E-state index in [0.717, 1.165) is 24.8 Å². The van der Waals surface area contributed by atoms with Crippen molar-refractivity contribution in [3.05, 3.63) is 83.4 Å². The molecule has 2 aromatic carbocycles. The quantitative estimate of drug-likeness (QED) is 0.716. The molecular weight excluding hydrogens is 268 g/mol. The molecule has 1 aliphatic carbocycles. The number of aryl methyl sites for hydroxylation is 2. The summed E-state index contributed by atoms with van der Waals surface area (Å²) in [6.45, 7) is 6.04. The zero-order chi connectivity index (χ0) is 15.5. The second-order valence-corrected chi connectivity index (χ2v) is 6.15. The van der Waals surface area contributed by atoms with Crippen LogP contribution in [0.25, 0.3) is 0 Å². The molecule has 1 heteroatoms. The fourth-order valence-electron chi connectivity index (χ4n) is 3.69. The van der Waals surface area contributed by atoms with Crippen LogP contribution < -0.4 is 0 Å². The van der Waals surface area contributed by atoms with Gasteiger partial charge in [0.15, 0.2) is 5.78 Å². The summed E-state index contributed by atoms with van der Waals surface area (Å²) in [5, 5.41) is 0. The van der Waals surface area contributed by atoms with E-state index in [1.807, 2.05) is 24.3 Å². The normalized spacial score (nSPS) is 18.6. The first-order valence-electron chi connectivity index (χ1n) is 8.01. The molecule has 0 fully saturated rings. The van der Waals surface area contributed by atoms with Crippen molar-refractivity contribution in [3.63, 3.8) is 0 Å². The van der Waals surface area contributed by atoms with Gasteiger partial charge in [0.2, 0.25) is 0 Å². The number of rotatable bonds is 4. The lowest BCUT2D eigenvalue weighted by molar-refractivity contribution is 0.0879. The van der Waals surface area contributed by atoms with Crippen molar-refractivity contribution in [1.82, 2.24) is 0 Å². The number of allylic oxidation sites excluding steroid dienone is 1. The van der Waals surface area contributed by atoms with Crippen LogP contribution in [0.1, 0.15) is 45.8 Å². The zero-order valence-corrected chi connectivity index (χ0v) is 13.1. The monoisotopic (exact) mass is 290 g/mol. The number of ketones is 1. The second-order valence-electron chi connectivity index (χ2n) is 6.15. The summed E-state index contributed by atoms with van der Waals surface area (Å²) in [6, 6.07) is 16.5. The summed E-state index contributed by atoms with van der Waals surface area (Å²) in [7, 11) is 0. The van der Waals surface area contributed by atoms with Gasteiger partial charge in [-0.1, -0.05) is 54.6 Å². The Kier molecular flexibility index (Phi) is 4.24. The second kappa shape index (κ2) is 6.31. The third-order valence-electron chi connectivity index (χ3n) is 4.84. The van der Waals surface area contributed by atoms with E-state index in [-0.39, 0.29) is 11.8 Å². The van der Waals surface area contributed by atoms with E-state index in [0.29, 0.717) is 5.78 Å². The average molecular weight is 290 g/mol. The molecule has 0 radical (unpaired) electrons. The molecule has 0 bridgehead atoms. The van der Waals surface area contributed by atoms with Crippen LogP contribution >= 0.6 is 0 Å². The van der Waals surface area contributed by atoms with Crippen LogP contribution in [0, 0.1) is 12.8 Å². The lowest BCUT2D eigenvalue weighted by Gasteiger charge is -2.31. The highest BCUT2D eigenvalue weighted by molar-refractivity contribution is 6.00. The maximum atomic E-state index is 13.0. The summed E-state index contributed by atoms with van der Waals surface area (Å²) in [6.07, 6.45) is 4.73. The van der Waals surface area contributed by atoms with Gasteiger partial charge in [0.25, 0.3) is 0 Å². The van der Waals surface area contributed by atoms with E-state index in [4.69, 9.17) is 0 Å². The number of carbonyl (C=O) groups excluding carboxylic acids is 1. The van der Waals surface area contributed by atoms with Crippen LogP contribution in [0.3, 0.4) is 0 Å². The molecule has 0 N–H and O–H groups in total. The van der Waals surface area contributed by atoms with Crippen molar-refractivity contribution in [2.45, 2.75) is 32.1 Å². The minimum atomic E-state index is 0.0639. The van der Waals surface area contributed by atoms with Crippen molar-refractivity contribution >= 4 is 5.78 Å². The minimum Gasteiger partial charge on any atom is -0.294 e. The molecular formula is C21H22O. The summed E-state index contributed by atoms with van der Waals surface area (Å²) in [4.78, 5) is 13.0. The third kappa shape index (κ3) is 2.64. The molecule has 0 spiro atoms. The van der Waals surface area contributed by atoms with Gasteiger partial charge in [-0.15, -0.1) is 6.58 Å². The van der Waals surface area contributed by atoms with Crippen LogP contribution in [-0.2, 0) is 6.42 Å². The Morgan fingerprint density at radius 3 is 2.68 bits per heavy atom. The molecule has 112 valence electrons. The van der Waals surface area contributed by atoms with Crippen LogP contribution in [-0.4, -0.2) is 5.78 Å². The Morgan fingerprint density at radius 1 is 1.18 bits per heavy atom. The molecule has 1 aliphatic rings. The van der Waals surface area contributed by atoms with E-state index in [1.165, 1.54) is 16.7 Å². The fourth-order valence-corrected chi connectivity index (χ4v) is 3.69. The number of Topliss-reactive ketones (excluding diaryl/α,β-unsaturated/α-hetero) is 1. The van der Waals surface area contributed by atoms with E-state index < -0.39 is 0 Å². The predicted octanol–water partition coefficient (Wildman–Crippen LogP) is 5.10. The van der Waals surface area contributed by atoms with Crippen LogP contribution in [0.5, 0.6) is 0 Å².